The number of amidine groups is 1. The first kappa shape index (κ1) is 11.1. The van der Waals surface area contributed by atoms with Gasteiger partial charge < -0.3 is 16.7 Å². The fourth-order valence-corrected chi connectivity index (χ4v) is 0.951. The number of alkyl halides is 3. The second-order valence-corrected chi connectivity index (χ2v) is 2.62. The van der Waals surface area contributed by atoms with Crippen molar-refractivity contribution >= 4 is 11.7 Å². The number of aromatic nitrogens is 1. The van der Waals surface area contributed by atoms with Gasteiger partial charge in [-0.1, -0.05) is 5.16 Å². The molecule has 8 heteroatoms. The zero-order valence-corrected chi connectivity index (χ0v) is 7.28. The van der Waals surface area contributed by atoms with E-state index in [1.807, 2.05) is 0 Å². The molecule has 0 aliphatic rings. The number of halogens is 3. The highest BCUT2D eigenvalue weighted by Crippen LogP contribution is 2.30. The van der Waals surface area contributed by atoms with Crippen molar-refractivity contribution in [3.8, 4) is 0 Å². The van der Waals surface area contributed by atoms with Gasteiger partial charge in [0.2, 0.25) is 0 Å². The predicted octanol–water partition coefficient (Wildman–Crippen LogP) is 0.777. The summed E-state index contributed by atoms with van der Waals surface area (Å²) in [6, 6.07) is 2.11. The molecule has 5 nitrogen and oxygen atoms in total. The number of pyridine rings is 1. The Morgan fingerprint density at radius 1 is 1.40 bits per heavy atom. The topological polar surface area (TPSA) is 97.5 Å². The summed E-state index contributed by atoms with van der Waals surface area (Å²) in [4.78, 5) is 3.09. The summed E-state index contributed by atoms with van der Waals surface area (Å²) in [5.41, 5.74) is 8.38. The monoisotopic (exact) mass is 220 g/mol. The second kappa shape index (κ2) is 3.64. The summed E-state index contributed by atoms with van der Waals surface area (Å²) in [6.07, 6.45) is -4.71. The Morgan fingerprint density at radius 2 is 2.00 bits per heavy atom. The van der Waals surface area contributed by atoms with Crippen molar-refractivity contribution in [2.45, 2.75) is 6.18 Å². The van der Waals surface area contributed by atoms with Crippen LogP contribution in [0.4, 0.5) is 19.0 Å². The maximum atomic E-state index is 12.4. The van der Waals surface area contributed by atoms with Crippen molar-refractivity contribution in [2.24, 2.45) is 10.9 Å². The standard InChI is InChI=1S/C7H7F3N4O/c8-7(9,10)5-3(6(12)14-15)1-2-4(11)13-5/h1-2,15H,(H2,11,13)(H2,12,14). The lowest BCUT2D eigenvalue weighted by Crippen LogP contribution is -2.21. The molecule has 15 heavy (non-hydrogen) atoms. The molecule has 5 N–H and O–H groups in total. The zero-order chi connectivity index (χ0) is 11.6. The molecule has 0 aliphatic heterocycles. The minimum Gasteiger partial charge on any atom is -0.409 e. The minimum absolute atomic E-state index is 0.295. The van der Waals surface area contributed by atoms with Crippen LogP contribution in [0.3, 0.4) is 0 Å². The van der Waals surface area contributed by atoms with E-state index in [0.29, 0.717) is 0 Å². The first-order chi connectivity index (χ1) is 6.86. The van der Waals surface area contributed by atoms with E-state index >= 15 is 0 Å². The molecule has 82 valence electrons. The summed E-state index contributed by atoms with van der Waals surface area (Å²) in [7, 11) is 0. The van der Waals surface area contributed by atoms with Crippen molar-refractivity contribution in [2.75, 3.05) is 5.73 Å². The lowest BCUT2D eigenvalue weighted by Gasteiger charge is -2.10. The molecule has 0 amide bonds. The number of anilines is 1. The van der Waals surface area contributed by atoms with E-state index in [4.69, 9.17) is 16.7 Å². The number of nitrogen functional groups attached to an aromatic ring is 1. The quantitative estimate of drug-likeness (QED) is 0.282. The average Bonchev–Trinajstić information content (AvgIpc) is 2.15. The van der Waals surface area contributed by atoms with Crippen LogP contribution >= 0.6 is 0 Å². The highest BCUT2D eigenvalue weighted by Gasteiger charge is 2.36. The molecule has 0 fully saturated rings. The van der Waals surface area contributed by atoms with Crippen LogP contribution in [0.15, 0.2) is 17.3 Å². The van der Waals surface area contributed by atoms with Crippen LogP contribution in [0.1, 0.15) is 11.3 Å². The Kier molecular flexibility index (Phi) is 2.69. The third kappa shape index (κ3) is 2.27. The Bertz CT molecular complexity index is 402. The molecule has 0 atom stereocenters. The third-order valence-corrected chi connectivity index (χ3v) is 1.57. The van der Waals surface area contributed by atoms with Gasteiger partial charge in [0.1, 0.15) is 5.82 Å². The summed E-state index contributed by atoms with van der Waals surface area (Å²) in [5, 5.41) is 10.8. The largest absolute Gasteiger partial charge is 0.434 e. The Hall–Kier alpha value is -1.99. The van der Waals surface area contributed by atoms with Gasteiger partial charge in [-0.2, -0.15) is 13.2 Å². The Balaban J connectivity index is 3.40. The second-order valence-electron chi connectivity index (χ2n) is 2.62. The highest BCUT2D eigenvalue weighted by atomic mass is 19.4. The lowest BCUT2D eigenvalue weighted by atomic mass is 10.1. The van der Waals surface area contributed by atoms with Gasteiger partial charge in [-0.3, -0.25) is 0 Å². The van der Waals surface area contributed by atoms with Crippen LogP contribution in [0.25, 0.3) is 0 Å². The molecule has 0 saturated carbocycles. The molecule has 0 aliphatic carbocycles. The molecule has 1 aromatic heterocycles. The third-order valence-electron chi connectivity index (χ3n) is 1.57. The number of rotatable bonds is 1. The number of hydrogen-bond acceptors (Lipinski definition) is 4. The molecule has 0 spiro atoms. The van der Waals surface area contributed by atoms with Gasteiger partial charge in [-0.25, -0.2) is 4.98 Å². The van der Waals surface area contributed by atoms with Crippen molar-refractivity contribution in [1.29, 1.82) is 0 Å². The van der Waals surface area contributed by atoms with E-state index < -0.39 is 23.3 Å². The molecular formula is C7H7F3N4O. The van der Waals surface area contributed by atoms with E-state index in [1.54, 1.807) is 0 Å². The molecule has 1 aromatic rings. The molecule has 0 saturated heterocycles. The molecule has 0 radical (unpaired) electrons. The van der Waals surface area contributed by atoms with E-state index in [1.165, 1.54) is 0 Å². The molecule has 0 bridgehead atoms. The fourth-order valence-electron chi connectivity index (χ4n) is 0.951. The predicted molar refractivity (Wildman–Crippen MR) is 46.2 cm³/mol. The van der Waals surface area contributed by atoms with Crippen molar-refractivity contribution in [1.82, 2.24) is 4.98 Å². The van der Waals surface area contributed by atoms with Crippen LogP contribution in [0, 0.1) is 0 Å². The maximum Gasteiger partial charge on any atom is 0.434 e. The van der Waals surface area contributed by atoms with Crippen molar-refractivity contribution in [3.05, 3.63) is 23.4 Å². The first-order valence-electron chi connectivity index (χ1n) is 3.68. The first-order valence-corrected chi connectivity index (χ1v) is 3.68. The van der Waals surface area contributed by atoms with Crippen LogP contribution in [0.2, 0.25) is 0 Å². The van der Waals surface area contributed by atoms with Crippen molar-refractivity contribution in [3.63, 3.8) is 0 Å². The molecular weight excluding hydrogens is 213 g/mol. The highest BCUT2D eigenvalue weighted by molar-refractivity contribution is 5.98. The van der Waals surface area contributed by atoms with E-state index in [9.17, 15) is 13.2 Å². The Morgan fingerprint density at radius 3 is 2.47 bits per heavy atom. The summed E-state index contributed by atoms with van der Waals surface area (Å²) in [6.45, 7) is 0. The molecule has 0 aromatic carbocycles. The molecule has 1 heterocycles. The van der Waals surface area contributed by atoms with Crippen LogP contribution in [-0.4, -0.2) is 16.0 Å². The number of oxime groups is 1. The SMILES string of the molecule is N/C(=N\O)c1ccc(N)nc1C(F)(F)F. The van der Waals surface area contributed by atoms with E-state index in [2.05, 4.69) is 10.1 Å². The number of nitrogens with two attached hydrogens (primary N) is 2. The van der Waals surface area contributed by atoms with E-state index in [0.717, 1.165) is 12.1 Å². The molecule has 1 rings (SSSR count). The normalized spacial score (nSPS) is 12.9. The summed E-state index contributed by atoms with van der Waals surface area (Å²) >= 11 is 0. The van der Waals surface area contributed by atoms with Crippen LogP contribution in [0.5, 0.6) is 0 Å². The van der Waals surface area contributed by atoms with Gasteiger partial charge in [0, 0.05) is 0 Å². The molecule has 0 unspecified atom stereocenters. The van der Waals surface area contributed by atoms with Gasteiger partial charge in [0.05, 0.1) is 5.56 Å². The maximum absolute atomic E-state index is 12.4. The summed E-state index contributed by atoms with van der Waals surface area (Å²) < 4.78 is 37.2. The average molecular weight is 220 g/mol. The smallest absolute Gasteiger partial charge is 0.409 e. The van der Waals surface area contributed by atoms with Crippen molar-refractivity contribution < 1.29 is 18.4 Å². The number of nitrogens with zero attached hydrogens (tertiary/aromatic N) is 2. The van der Waals surface area contributed by atoms with E-state index in [-0.39, 0.29) is 5.82 Å². The minimum atomic E-state index is -4.71. The van der Waals surface area contributed by atoms with Gasteiger partial charge in [0.25, 0.3) is 0 Å². The summed E-state index contributed by atoms with van der Waals surface area (Å²) in [5.74, 6) is -0.966. The number of hydrogen-bond donors (Lipinski definition) is 3. The van der Waals surface area contributed by atoms with Gasteiger partial charge in [-0.05, 0) is 12.1 Å². The Labute approximate surface area is 82.2 Å². The van der Waals surface area contributed by atoms with Gasteiger partial charge in [0.15, 0.2) is 11.5 Å². The lowest BCUT2D eigenvalue weighted by molar-refractivity contribution is -0.141. The van der Waals surface area contributed by atoms with Crippen LogP contribution in [-0.2, 0) is 6.18 Å². The van der Waals surface area contributed by atoms with Gasteiger partial charge in [-0.15, -0.1) is 0 Å². The van der Waals surface area contributed by atoms with Crippen LogP contribution < -0.4 is 11.5 Å². The zero-order valence-electron chi connectivity index (χ0n) is 7.28. The van der Waals surface area contributed by atoms with Gasteiger partial charge >= 0.3 is 6.18 Å². The fraction of sp³-hybridized carbons (Fsp3) is 0.143.